The summed E-state index contributed by atoms with van der Waals surface area (Å²) in [5.74, 6) is 0. The van der Waals surface area contributed by atoms with Crippen LogP contribution in [0.4, 0.5) is 4.79 Å². The first kappa shape index (κ1) is 17.0. The zero-order valence-electron chi connectivity index (χ0n) is 13.9. The third-order valence-corrected chi connectivity index (χ3v) is 4.72. The fourth-order valence-corrected chi connectivity index (χ4v) is 3.51. The SMILES string of the molecule is Cc1cc(C(C)NC(=O)N(C)Cc2ccc(C#N)cc2)c(C)s1. The number of urea groups is 1. The third kappa shape index (κ3) is 4.33. The van der Waals surface area contributed by atoms with Crippen molar-refractivity contribution in [2.24, 2.45) is 0 Å². The average molecular weight is 327 g/mol. The summed E-state index contributed by atoms with van der Waals surface area (Å²) < 4.78 is 0. The Kier molecular flexibility index (Phi) is 5.41. The van der Waals surface area contributed by atoms with Crippen LogP contribution in [-0.4, -0.2) is 18.0 Å². The summed E-state index contributed by atoms with van der Waals surface area (Å²) in [5, 5.41) is 11.8. The summed E-state index contributed by atoms with van der Waals surface area (Å²) in [6.07, 6.45) is 0. The molecule has 120 valence electrons. The molecule has 1 atom stereocenters. The van der Waals surface area contributed by atoms with Gasteiger partial charge in [0.15, 0.2) is 0 Å². The Morgan fingerprint density at radius 1 is 1.35 bits per heavy atom. The lowest BCUT2D eigenvalue weighted by molar-refractivity contribution is 0.203. The van der Waals surface area contributed by atoms with E-state index in [0.29, 0.717) is 12.1 Å². The van der Waals surface area contributed by atoms with E-state index in [1.54, 1.807) is 35.4 Å². The smallest absolute Gasteiger partial charge is 0.317 e. The molecule has 2 rings (SSSR count). The molecular weight excluding hydrogens is 306 g/mol. The number of hydrogen-bond acceptors (Lipinski definition) is 3. The van der Waals surface area contributed by atoms with Crippen molar-refractivity contribution in [3.63, 3.8) is 0 Å². The largest absolute Gasteiger partial charge is 0.331 e. The van der Waals surface area contributed by atoms with E-state index in [2.05, 4.69) is 31.3 Å². The van der Waals surface area contributed by atoms with Crippen LogP contribution in [0, 0.1) is 25.2 Å². The van der Waals surface area contributed by atoms with Crippen molar-refractivity contribution >= 4 is 17.4 Å². The van der Waals surface area contributed by atoms with E-state index in [1.807, 2.05) is 19.1 Å². The molecule has 0 aliphatic heterocycles. The molecular formula is C18H21N3OS. The van der Waals surface area contributed by atoms with Gasteiger partial charge in [0.25, 0.3) is 0 Å². The van der Waals surface area contributed by atoms with Crippen LogP contribution in [0.25, 0.3) is 0 Å². The van der Waals surface area contributed by atoms with E-state index < -0.39 is 0 Å². The Morgan fingerprint density at radius 3 is 2.52 bits per heavy atom. The summed E-state index contributed by atoms with van der Waals surface area (Å²) in [6.45, 7) is 6.66. The lowest BCUT2D eigenvalue weighted by atomic mass is 10.1. The number of benzene rings is 1. The molecule has 1 unspecified atom stereocenters. The third-order valence-electron chi connectivity index (χ3n) is 3.74. The second-order valence-electron chi connectivity index (χ2n) is 5.70. The predicted octanol–water partition coefficient (Wildman–Crippen LogP) is 4.14. The highest BCUT2D eigenvalue weighted by Gasteiger charge is 2.16. The Morgan fingerprint density at radius 2 is 2.00 bits per heavy atom. The normalized spacial score (nSPS) is 11.6. The quantitative estimate of drug-likeness (QED) is 0.917. The van der Waals surface area contributed by atoms with E-state index in [4.69, 9.17) is 5.26 Å². The van der Waals surface area contributed by atoms with Gasteiger partial charge in [0.05, 0.1) is 17.7 Å². The molecule has 4 nitrogen and oxygen atoms in total. The molecule has 1 aromatic heterocycles. The Hall–Kier alpha value is -2.32. The minimum absolute atomic E-state index is 0.0177. The van der Waals surface area contributed by atoms with Crippen molar-refractivity contribution in [1.29, 1.82) is 5.26 Å². The lowest BCUT2D eigenvalue weighted by Gasteiger charge is -2.21. The average Bonchev–Trinajstić information content (AvgIpc) is 2.86. The number of aryl methyl sites for hydroxylation is 2. The van der Waals surface area contributed by atoms with Gasteiger partial charge in [0.1, 0.15) is 0 Å². The number of carbonyl (C=O) groups excluding carboxylic acids is 1. The summed E-state index contributed by atoms with van der Waals surface area (Å²) in [7, 11) is 1.77. The van der Waals surface area contributed by atoms with Gasteiger partial charge in [-0.3, -0.25) is 0 Å². The monoisotopic (exact) mass is 327 g/mol. The maximum absolute atomic E-state index is 12.3. The maximum atomic E-state index is 12.3. The van der Waals surface area contributed by atoms with Gasteiger partial charge in [-0.25, -0.2) is 4.79 Å². The number of rotatable bonds is 4. The van der Waals surface area contributed by atoms with E-state index in [9.17, 15) is 4.79 Å². The van der Waals surface area contributed by atoms with Crippen molar-refractivity contribution in [2.75, 3.05) is 7.05 Å². The molecule has 1 heterocycles. The minimum Gasteiger partial charge on any atom is -0.331 e. The maximum Gasteiger partial charge on any atom is 0.317 e. The van der Waals surface area contributed by atoms with Crippen LogP contribution in [-0.2, 0) is 6.54 Å². The highest BCUT2D eigenvalue weighted by atomic mass is 32.1. The van der Waals surface area contributed by atoms with E-state index in [-0.39, 0.29) is 12.1 Å². The van der Waals surface area contributed by atoms with E-state index >= 15 is 0 Å². The lowest BCUT2D eigenvalue weighted by Crippen LogP contribution is -2.38. The molecule has 5 heteroatoms. The molecule has 0 saturated carbocycles. The highest BCUT2D eigenvalue weighted by molar-refractivity contribution is 7.12. The molecule has 1 aromatic carbocycles. The van der Waals surface area contributed by atoms with Gasteiger partial charge >= 0.3 is 6.03 Å². The van der Waals surface area contributed by atoms with Gasteiger partial charge in [-0.1, -0.05) is 12.1 Å². The number of thiophene rings is 1. The first-order valence-corrected chi connectivity index (χ1v) is 8.30. The van der Waals surface area contributed by atoms with Crippen molar-refractivity contribution in [3.8, 4) is 6.07 Å². The number of nitrogens with zero attached hydrogens (tertiary/aromatic N) is 2. The first-order chi connectivity index (χ1) is 10.9. The van der Waals surface area contributed by atoms with E-state index in [1.165, 1.54) is 15.3 Å². The van der Waals surface area contributed by atoms with Crippen LogP contribution in [0.5, 0.6) is 0 Å². The zero-order chi connectivity index (χ0) is 17.0. The number of nitriles is 1. The van der Waals surface area contributed by atoms with Gasteiger partial charge < -0.3 is 10.2 Å². The van der Waals surface area contributed by atoms with E-state index in [0.717, 1.165) is 5.56 Å². The molecule has 2 aromatic rings. The Balaban J connectivity index is 1.96. The summed E-state index contributed by atoms with van der Waals surface area (Å²) in [4.78, 5) is 16.5. The standard InChI is InChI=1S/C18H21N3OS/c1-12-9-17(14(3)23-12)13(2)20-18(22)21(4)11-16-7-5-15(10-19)6-8-16/h5-9,13H,11H2,1-4H3,(H,20,22). The molecule has 0 fully saturated rings. The molecule has 23 heavy (non-hydrogen) atoms. The molecule has 0 aliphatic carbocycles. The Labute approximate surface area is 141 Å². The summed E-state index contributed by atoms with van der Waals surface area (Å²) in [5.41, 5.74) is 2.79. The van der Waals surface area contributed by atoms with Crippen molar-refractivity contribution in [3.05, 3.63) is 56.8 Å². The second-order valence-corrected chi connectivity index (χ2v) is 7.16. The fourth-order valence-electron chi connectivity index (χ4n) is 2.48. The van der Waals surface area contributed by atoms with Gasteiger partial charge in [-0.2, -0.15) is 5.26 Å². The van der Waals surface area contributed by atoms with Gasteiger partial charge in [-0.05, 0) is 50.1 Å². The molecule has 1 N–H and O–H groups in total. The van der Waals surface area contributed by atoms with Crippen LogP contribution in [0.2, 0.25) is 0 Å². The molecule has 0 aliphatic rings. The van der Waals surface area contributed by atoms with Crippen LogP contribution in [0.15, 0.2) is 30.3 Å². The topological polar surface area (TPSA) is 56.1 Å². The molecule has 0 saturated heterocycles. The molecule has 2 amide bonds. The van der Waals surface area contributed by atoms with Crippen molar-refractivity contribution in [1.82, 2.24) is 10.2 Å². The second kappa shape index (κ2) is 7.30. The number of amides is 2. The van der Waals surface area contributed by atoms with Crippen molar-refractivity contribution < 1.29 is 4.79 Å². The number of nitrogens with one attached hydrogen (secondary N) is 1. The predicted molar refractivity (Wildman–Crippen MR) is 93.4 cm³/mol. The van der Waals surface area contributed by atoms with Gasteiger partial charge in [0, 0.05) is 23.3 Å². The highest BCUT2D eigenvalue weighted by Crippen LogP contribution is 2.26. The molecule has 0 radical (unpaired) electrons. The summed E-state index contributed by atoms with van der Waals surface area (Å²) >= 11 is 1.75. The van der Waals surface area contributed by atoms with Crippen LogP contribution >= 0.6 is 11.3 Å². The van der Waals surface area contributed by atoms with Gasteiger partial charge in [-0.15, -0.1) is 11.3 Å². The summed E-state index contributed by atoms with van der Waals surface area (Å²) in [6, 6.07) is 11.4. The zero-order valence-corrected chi connectivity index (χ0v) is 14.7. The van der Waals surface area contributed by atoms with Gasteiger partial charge in [0.2, 0.25) is 0 Å². The fraction of sp³-hybridized carbons (Fsp3) is 0.333. The minimum atomic E-state index is -0.106. The van der Waals surface area contributed by atoms with Crippen molar-refractivity contribution in [2.45, 2.75) is 33.4 Å². The molecule has 0 bridgehead atoms. The Bertz CT molecular complexity index is 728. The van der Waals surface area contributed by atoms with Crippen LogP contribution < -0.4 is 5.32 Å². The number of hydrogen-bond donors (Lipinski definition) is 1. The van der Waals surface area contributed by atoms with Crippen LogP contribution in [0.3, 0.4) is 0 Å². The van der Waals surface area contributed by atoms with Crippen LogP contribution in [0.1, 0.15) is 39.4 Å². The molecule has 0 spiro atoms. The number of carbonyl (C=O) groups is 1. The first-order valence-electron chi connectivity index (χ1n) is 7.48.